The van der Waals surface area contributed by atoms with Crippen LogP contribution in [0.1, 0.15) is 44.6 Å². The van der Waals surface area contributed by atoms with Crippen molar-refractivity contribution in [1.82, 2.24) is 9.80 Å². The van der Waals surface area contributed by atoms with Gasteiger partial charge in [-0.1, -0.05) is 30.3 Å². The fraction of sp³-hybridized carbons (Fsp3) is 0.650. The third-order valence-electron chi connectivity index (χ3n) is 5.66. The van der Waals surface area contributed by atoms with E-state index in [9.17, 15) is 4.79 Å². The number of likely N-dealkylation sites (tertiary alicyclic amines) is 2. The van der Waals surface area contributed by atoms with Crippen molar-refractivity contribution in [3.05, 3.63) is 35.9 Å². The fourth-order valence-electron chi connectivity index (χ4n) is 4.23. The first kappa shape index (κ1) is 16.5. The van der Waals surface area contributed by atoms with Crippen LogP contribution in [0.2, 0.25) is 0 Å². The molecule has 3 rings (SSSR count). The third kappa shape index (κ3) is 4.57. The summed E-state index contributed by atoms with van der Waals surface area (Å²) < 4.78 is 0. The second-order valence-corrected chi connectivity index (χ2v) is 7.26. The van der Waals surface area contributed by atoms with Gasteiger partial charge in [0.25, 0.3) is 0 Å². The summed E-state index contributed by atoms with van der Waals surface area (Å²) >= 11 is 0. The number of aryl methyl sites for hydroxylation is 1. The number of benzene rings is 1. The minimum Gasteiger partial charge on any atom is -0.343 e. The Morgan fingerprint density at radius 3 is 2.52 bits per heavy atom. The van der Waals surface area contributed by atoms with E-state index in [0.29, 0.717) is 6.04 Å². The van der Waals surface area contributed by atoms with Gasteiger partial charge in [-0.25, -0.2) is 0 Å². The van der Waals surface area contributed by atoms with Gasteiger partial charge < -0.3 is 4.90 Å². The molecule has 126 valence electrons. The van der Waals surface area contributed by atoms with Gasteiger partial charge in [-0.15, -0.1) is 0 Å². The zero-order chi connectivity index (χ0) is 16.1. The topological polar surface area (TPSA) is 23.6 Å². The summed E-state index contributed by atoms with van der Waals surface area (Å²) in [5.74, 6) is 1.08. The highest BCUT2D eigenvalue weighted by Gasteiger charge is 2.29. The molecule has 0 N–H and O–H groups in total. The average Bonchev–Trinajstić information content (AvgIpc) is 2.61. The van der Waals surface area contributed by atoms with Crippen molar-refractivity contribution in [3.63, 3.8) is 0 Å². The van der Waals surface area contributed by atoms with Gasteiger partial charge in [0, 0.05) is 32.6 Å². The lowest BCUT2D eigenvalue weighted by molar-refractivity contribution is -0.130. The van der Waals surface area contributed by atoms with Gasteiger partial charge in [-0.3, -0.25) is 9.69 Å². The predicted octanol–water partition coefficient (Wildman–Crippen LogP) is 3.34. The van der Waals surface area contributed by atoms with Crippen LogP contribution in [0.15, 0.2) is 30.3 Å². The normalized spacial score (nSPS) is 23.9. The molecule has 0 aliphatic carbocycles. The van der Waals surface area contributed by atoms with Crippen molar-refractivity contribution in [2.24, 2.45) is 5.92 Å². The zero-order valence-corrected chi connectivity index (χ0v) is 14.4. The molecule has 1 aromatic rings. The molecule has 3 heteroatoms. The van der Waals surface area contributed by atoms with Crippen molar-refractivity contribution in [1.29, 1.82) is 0 Å². The summed E-state index contributed by atoms with van der Waals surface area (Å²) in [5, 5.41) is 0. The Labute approximate surface area is 140 Å². The lowest BCUT2D eigenvalue weighted by Crippen LogP contribution is -2.49. The Kier molecular flexibility index (Phi) is 5.71. The third-order valence-corrected chi connectivity index (χ3v) is 5.66. The van der Waals surface area contributed by atoms with Crippen LogP contribution in [-0.2, 0) is 11.2 Å². The minimum atomic E-state index is 0.239. The second-order valence-electron chi connectivity index (χ2n) is 7.26. The highest BCUT2D eigenvalue weighted by Crippen LogP contribution is 2.26. The summed E-state index contributed by atoms with van der Waals surface area (Å²) in [6.07, 6.45) is 7.56. The number of hydrogen-bond acceptors (Lipinski definition) is 2. The van der Waals surface area contributed by atoms with Crippen LogP contribution in [-0.4, -0.2) is 47.9 Å². The molecule has 2 aliphatic heterocycles. The maximum Gasteiger partial charge on any atom is 0.219 e. The molecule has 0 aromatic heterocycles. The molecule has 1 aromatic carbocycles. The van der Waals surface area contributed by atoms with E-state index in [1.165, 1.54) is 44.3 Å². The van der Waals surface area contributed by atoms with Gasteiger partial charge in [-0.05, 0) is 56.6 Å². The van der Waals surface area contributed by atoms with Gasteiger partial charge in [0.1, 0.15) is 0 Å². The maximum absolute atomic E-state index is 11.5. The van der Waals surface area contributed by atoms with Crippen molar-refractivity contribution in [2.45, 2.75) is 51.5 Å². The molecule has 1 atom stereocenters. The molecule has 2 fully saturated rings. The molecule has 3 nitrogen and oxygen atoms in total. The number of amides is 1. The molecule has 0 spiro atoms. The first-order valence-corrected chi connectivity index (χ1v) is 9.26. The number of rotatable bonds is 4. The molecule has 0 radical (unpaired) electrons. The van der Waals surface area contributed by atoms with Crippen molar-refractivity contribution >= 4 is 5.91 Å². The Hall–Kier alpha value is -1.35. The van der Waals surface area contributed by atoms with Crippen molar-refractivity contribution in [3.8, 4) is 0 Å². The van der Waals surface area contributed by atoms with Crippen LogP contribution in [0.5, 0.6) is 0 Å². The van der Waals surface area contributed by atoms with E-state index in [-0.39, 0.29) is 5.91 Å². The lowest BCUT2D eigenvalue weighted by atomic mass is 9.89. The van der Waals surface area contributed by atoms with E-state index >= 15 is 0 Å². The molecule has 2 saturated heterocycles. The van der Waals surface area contributed by atoms with Gasteiger partial charge in [0.05, 0.1) is 0 Å². The fourth-order valence-corrected chi connectivity index (χ4v) is 4.23. The second kappa shape index (κ2) is 7.96. The summed E-state index contributed by atoms with van der Waals surface area (Å²) in [6.45, 7) is 6.11. The zero-order valence-electron chi connectivity index (χ0n) is 14.4. The largest absolute Gasteiger partial charge is 0.343 e. The Morgan fingerprint density at radius 1 is 1.09 bits per heavy atom. The summed E-state index contributed by atoms with van der Waals surface area (Å²) in [6, 6.07) is 11.6. The smallest absolute Gasteiger partial charge is 0.219 e. The number of nitrogens with zero attached hydrogens (tertiary/aromatic N) is 2. The van der Waals surface area contributed by atoms with Crippen molar-refractivity contribution in [2.75, 3.05) is 26.2 Å². The highest BCUT2D eigenvalue weighted by atomic mass is 16.2. The SMILES string of the molecule is CC(=O)N1CCC(N2CCC[C@H](CCc3ccccc3)C2)CC1. The Balaban J connectivity index is 1.46. The Bertz CT molecular complexity index is 494. The average molecular weight is 314 g/mol. The van der Waals surface area contributed by atoms with Gasteiger partial charge >= 0.3 is 0 Å². The first-order chi connectivity index (χ1) is 11.2. The number of carbonyl (C=O) groups excluding carboxylic acids is 1. The molecule has 0 bridgehead atoms. The summed E-state index contributed by atoms with van der Waals surface area (Å²) in [4.78, 5) is 16.2. The highest BCUT2D eigenvalue weighted by molar-refractivity contribution is 5.73. The van der Waals surface area contributed by atoms with Gasteiger partial charge in [0.2, 0.25) is 5.91 Å². The van der Waals surface area contributed by atoms with Crippen LogP contribution in [0, 0.1) is 5.92 Å². The van der Waals surface area contributed by atoms with E-state index in [1.807, 2.05) is 4.90 Å². The minimum absolute atomic E-state index is 0.239. The first-order valence-electron chi connectivity index (χ1n) is 9.26. The van der Waals surface area contributed by atoms with Crippen LogP contribution in [0.25, 0.3) is 0 Å². The lowest BCUT2D eigenvalue weighted by Gasteiger charge is -2.42. The molecule has 23 heavy (non-hydrogen) atoms. The molecule has 0 saturated carbocycles. The van der Waals surface area contributed by atoms with Crippen molar-refractivity contribution < 1.29 is 4.79 Å². The standard InChI is InChI=1S/C20H30N2O/c1-17(23)21-14-11-20(12-15-21)22-13-5-8-19(16-22)10-9-18-6-3-2-4-7-18/h2-4,6-7,19-20H,5,8-16H2,1H3/t19-/m1/s1. The van der Waals surface area contributed by atoms with E-state index in [2.05, 4.69) is 35.2 Å². The molecule has 2 heterocycles. The van der Waals surface area contributed by atoms with E-state index in [4.69, 9.17) is 0 Å². The molecule has 2 aliphatic rings. The van der Waals surface area contributed by atoms with Crippen LogP contribution in [0.4, 0.5) is 0 Å². The maximum atomic E-state index is 11.5. The van der Waals surface area contributed by atoms with Gasteiger partial charge in [0.15, 0.2) is 0 Å². The molecular weight excluding hydrogens is 284 g/mol. The molecule has 0 unspecified atom stereocenters. The Morgan fingerprint density at radius 2 is 1.83 bits per heavy atom. The van der Waals surface area contributed by atoms with Gasteiger partial charge in [-0.2, -0.15) is 0 Å². The number of carbonyl (C=O) groups is 1. The van der Waals surface area contributed by atoms with E-state index in [1.54, 1.807) is 6.92 Å². The van der Waals surface area contributed by atoms with E-state index < -0.39 is 0 Å². The molecular formula is C20H30N2O. The van der Waals surface area contributed by atoms with E-state index in [0.717, 1.165) is 31.8 Å². The van der Waals surface area contributed by atoms with Crippen LogP contribution >= 0.6 is 0 Å². The summed E-state index contributed by atoms with van der Waals surface area (Å²) in [7, 11) is 0. The summed E-state index contributed by atoms with van der Waals surface area (Å²) in [5.41, 5.74) is 1.47. The molecule has 1 amide bonds. The number of piperidine rings is 2. The monoisotopic (exact) mass is 314 g/mol. The number of hydrogen-bond donors (Lipinski definition) is 0. The van der Waals surface area contributed by atoms with Crippen LogP contribution < -0.4 is 0 Å². The quantitative estimate of drug-likeness (QED) is 0.851. The predicted molar refractivity (Wildman–Crippen MR) is 94.3 cm³/mol. The van der Waals surface area contributed by atoms with Crippen LogP contribution in [0.3, 0.4) is 0 Å².